The molecule has 0 aliphatic rings. The number of aryl methyl sites for hydroxylation is 1. The van der Waals surface area contributed by atoms with Crippen LogP contribution in [0.4, 0.5) is 11.5 Å². The number of nitrogens with zero attached hydrogens (tertiary/aromatic N) is 1. The molecule has 3 nitrogen and oxygen atoms in total. The van der Waals surface area contributed by atoms with Crippen molar-refractivity contribution in [2.45, 2.75) is 6.92 Å². The van der Waals surface area contributed by atoms with Crippen LogP contribution in [0.5, 0.6) is 0 Å². The minimum absolute atomic E-state index is 0.878. The molecule has 4 heteroatoms. The highest BCUT2D eigenvalue weighted by atomic mass is 79.9. The van der Waals surface area contributed by atoms with Crippen molar-refractivity contribution < 1.29 is 0 Å². The van der Waals surface area contributed by atoms with E-state index in [-0.39, 0.29) is 0 Å². The monoisotopic (exact) mass is 301 g/mol. The van der Waals surface area contributed by atoms with Gasteiger partial charge in [-0.15, -0.1) is 0 Å². The minimum atomic E-state index is 0.878. The minimum Gasteiger partial charge on any atom is -0.359 e. The molecule has 1 aromatic carbocycles. The second-order valence-electron chi connectivity index (χ2n) is 4.19. The average molecular weight is 302 g/mol. The highest BCUT2D eigenvalue weighted by Gasteiger charge is 2.05. The van der Waals surface area contributed by atoms with E-state index >= 15 is 0 Å². The lowest BCUT2D eigenvalue weighted by atomic mass is 10.2. The molecule has 0 radical (unpaired) electrons. The van der Waals surface area contributed by atoms with Crippen LogP contribution in [0.3, 0.4) is 0 Å². The summed E-state index contributed by atoms with van der Waals surface area (Å²) < 4.78 is 0.990. The van der Waals surface area contributed by atoms with E-state index in [2.05, 4.69) is 43.3 Å². The van der Waals surface area contributed by atoms with Crippen molar-refractivity contribution in [1.82, 2.24) is 9.97 Å². The van der Waals surface area contributed by atoms with E-state index in [1.165, 1.54) is 5.39 Å². The normalized spacial score (nSPS) is 10.8. The third kappa shape index (κ3) is 1.99. The summed E-state index contributed by atoms with van der Waals surface area (Å²) in [7, 11) is 0. The van der Waals surface area contributed by atoms with Gasteiger partial charge in [-0.25, -0.2) is 4.98 Å². The molecular weight excluding hydrogens is 290 g/mol. The number of nitrogens with one attached hydrogen (secondary N) is 2. The SMILES string of the molecule is Cc1cc(Br)cnc1Nc1c[nH]c2ccccc12. The van der Waals surface area contributed by atoms with Crippen molar-refractivity contribution in [1.29, 1.82) is 0 Å². The Morgan fingerprint density at radius 3 is 2.94 bits per heavy atom. The van der Waals surface area contributed by atoms with Crippen LogP contribution in [0.15, 0.2) is 47.2 Å². The fourth-order valence-electron chi connectivity index (χ4n) is 1.97. The largest absolute Gasteiger partial charge is 0.359 e. The number of pyridine rings is 1. The van der Waals surface area contributed by atoms with Crippen LogP contribution in [0.25, 0.3) is 10.9 Å². The maximum absolute atomic E-state index is 4.39. The van der Waals surface area contributed by atoms with Crippen LogP contribution in [-0.4, -0.2) is 9.97 Å². The summed E-state index contributed by atoms with van der Waals surface area (Å²) in [4.78, 5) is 7.63. The molecule has 90 valence electrons. The van der Waals surface area contributed by atoms with Crippen LogP contribution in [0, 0.1) is 6.92 Å². The lowest BCUT2D eigenvalue weighted by Gasteiger charge is -2.07. The molecule has 0 atom stereocenters. The third-order valence-electron chi connectivity index (χ3n) is 2.89. The van der Waals surface area contributed by atoms with Crippen LogP contribution in [0.2, 0.25) is 0 Å². The molecule has 18 heavy (non-hydrogen) atoms. The molecule has 0 bridgehead atoms. The van der Waals surface area contributed by atoms with Crippen molar-refractivity contribution in [3.63, 3.8) is 0 Å². The van der Waals surface area contributed by atoms with Gasteiger partial charge in [-0.1, -0.05) is 18.2 Å². The molecule has 3 aromatic rings. The number of benzene rings is 1. The molecule has 0 unspecified atom stereocenters. The van der Waals surface area contributed by atoms with Crippen molar-refractivity contribution in [3.8, 4) is 0 Å². The number of H-pyrrole nitrogens is 1. The topological polar surface area (TPSA) is 40.7 Å². The van der Waals surface area contributed by atoms with Crippen molar-refractivity contribution in [2.24, 2.45) is 0 Å². The van der Waals surface area contributed by atoms with Gasteiger partial charge in [0.2, 0.25) is 0 Å². The number of hydrogen-bond acceptors (Lipinski definition) is 2. The highest BCUT2D eigenvalue weighted by molar-refractivity contribution is 9.10. The molecule has 3 rings (SSSR count). The van der Waals surface area contributed by atoms with E-state index < -0.39 is 0 Å². The smallest absolute Gasteiger partial charge is 0.133 e. The number of hydrogen-bond donors (Lipinski definition) is 2. The van der Waals surface area contributed by atoms with Gasteiger partial charge in [-0.3, -0.25) is 0 Å². The van der Waals surface area contributed by atoms with E-state index in [0.717, 1.165) is 27.1 Å². The van der Waals surface area contributed by atoms with Crippen LogP contribution < -0.4 is 5.32 Å². The molecule has 0 fully saturated rings. The summed E-state index contributed by atoms with van der Waals surface area (Å²) in [6.45, 7) is 2.04. The van der Waals surface area contributed by atoms with Gasteiger partial charge in [-0.05, 0) is 40.5 Å². The second kappa shape index (κ2) is 4.46. The summed E-state index contributed by atoms with van der Waals surface area (Å²) in [5.41, 5.74) is 3.27. The highest BCUT2D eigenvalue weighted by Crippen LogP contribution is 2.27. The van der Waals surface area contributed by atoms with Crippen LogP contribution >= 0.6 is 15.9 Å². The van der Waals surface area contributed by atoms with E-state index in [0.29, 0.717) is 0 Å². The fourth-order valence-corrected chi connectivity index (χ4v) is 2.42. The predicted molar refractivity (Wildman–Crippen MR) is 78.3 cm³/mol. The molecule has 0 aliphatic carbocycles. The first kappa shape index (κ1) is 11.3. The third-order valence-corrected chi connectivity index (χ3v) is 3.32. The molecule has 0 aliphatic heterocycles. The molecular formula is C14H12BrN3. The summed E-state index contributed by atoms with van der Waals surface area (Å²) in [6, 6.07) is 10.2. The zero-order valence-electron chi connectivity index (χ0n) is 9.87. The number of aromatic amines is 1. The first-order valence-electron chi connectivity index (χ1n) is 5.69. The molecule has 2 N–H and O–H groups in total. The Kier molecular flexibility index (Phi) is 2.80. The summed E-state index contributed by atoms with van der Waals surface area (Å²) >= 11 is 3.42. The zero-order valence-corrected chi connectivity index (χ0v) is 11.5. The predicted octanol–water partition coefficient (Wildman–Crippen LogP) is 4.38. The van der Waals surface area contributed by atoms with Crippen molar-refractivity contribution in [3.05, 3.63) is 52.8 Å². The first-order chi connectivity index (χ1) is 8.74. The molecule has 2 aromatic heterocycles. The molecule has 2 heterocycles. The number of aromatic nitrogens is 2. The Balaban J connectivity index is 2.01. The standard InChI is InChI=1S/C14H12BrN3/c1-9-6-10(15)7-17-14(9)18-13-8-16-12-5-3-2-4-11(12)13/h2-8,16H,1H3,(H,17,18). The maximum atomic E-state index is 4.39. The van der Waals surface area contributed by atoms with E-state index in [9.17, 15) is 0 Å². The van der Waals surface area contributed by atoms with Gasteiger partial charge in [0, 0.05) is 27.8 Å². The van der Waals surface area contributed by atoms with E-state index in [1.54, 1.807) is 6.20 Å². The number of para-hydroxylation sites is 1. The Labute approximate surface area is 113 Å². The van der Waals surface area contributed by atoms with Gasteiger partial charge < -0.3 is 10.3 Å². The second-order valence-corrected chi connectivity index (χ2v) is 5.11. The lowest BCUT2D eigenvalue weighted by molar-refractivity contribution is 1.24. The van der Waals surface area contributed by atoms with Gasteiger partial charge in [0.25, 0.3) is 0 Å². The number of halogens is 1. The summed E-state index contributed by atoms with van der Waals surface area (Å²) in [6.07, 6.45) is 3.76. The zero-order chi connectivity index (χ0) is 12.5. The number of anilines is 2. The molecule has 0 saturated carbocycles. The summed E-state index contributed by atoms with van der Waals surface area (Å²) in [5.74, 6) is 0.878. The Morgan fingerprint density at radius 2 is 2.11 bits per heavy atom. The van der Waals surface area contributed by atoms with Gasteiger partial charge in [0.15, 0.2) is 0 Å². The van der Waals surface area contributed by atoms with E-state index in [4.69, 9.17) is 0 Å². The van der Waals surface area contributed by atoms with Gasteiger partial charge in [-0.2, -0.15) is 0 Å². The van der Waals surface area contributed by atoms with Crippen molar-refractivity contribution >= 4 is 38.3 Å². The quantitative estimate of drug-likeness (QED) is 0.737. The number of rotatable bonds is 2. The van der Waals surface area contributed by atoms with Crippen molar-refractivity contribution in [2.75, 3.05) is 5.32 Å². The van der Waals surface area contributed by atoms with E-state index in [1.807, 2.05) is 31.3 Å². The Hall–Kier alpha value is -1.81. The Bertz CT molecular complexity index is 703. The molecule has 0 amide bonds. The molecule has 0 spiro atoms. The Morgan fingerprint density at radius 1 is 1.28 bits per heavy atom. The van der Waals surface area contributed by atoms with Crippen LogP contribution in [-0.2, 0) is 0 Å². The van der Waals surface area contributed by atoms with Gasteiger partial charge >= 0.3 is 0 Å². The summed E-state index contributed by atoms with van der Waals surface area (Å²) in [5, 5.41) is 4.53. The number of fused-ring (bicyclic) bond motifs is 1. The van der Waals surface area contributed by atoms with Crippen LogP contribution in [0.1, 0.15) is 5.56 Å². The average Bonchev–Trinajstić information content (AvgIpc) is 2.76. The van der Waals surface area contributed by atoms with Gasteiger partial charge in [0.1, 0.15) is 5.82 Å². The lowest BCUT2D eigenvalue weighted by Crippen LogP contribution is -1.95. The first-order valence-corrected chi connectivity index (χ1v) is 6.48. The fraction of sp³-hybridized carbons (Fsp3) is 0.0714. The van der Waals surface area contributed by atoms with Gasteiger partial charge in [0.05, 0.1) is 5.69 Å². The maximum Gasteiger partial charge on any atom is 0.133 e. The molecule has 0 saturated heterocycles.